The molecule has 0 aliphatic rings. The summed E-state index contributed by atoms with van der Waals surface area (Å²) in [6, 6.07) is 6.13. The average Bonchev–Trinajstić information content (AvgIpc) is 2.68. The van der Waals surface area contributed by atoms with Gasteiger partial charge in [0, 0.05) is 19.7 Å². The van der Waals surface area contributed by atoms with Gasteiger partial charge in [-0.25, -0.2) is 0 Å². The molecule has 0 spiro atoms. The van der Waals surface area contributed by atoms with Crippen molar-refractivity contribution in [2.45, 2.75) is 53.5 Å². The van der Waals surface area contributed by atoms with E-state index in [0.717, 1.165) is 42.4 Å². The van der Waals surface area contributed by atoms with E-state index >= 15 is 0 Å². The van der Waals surface area contributed by atoms with Crippen molar-refractivity contribution in [3.63, 3.8) is 0 Å². The van der Waals surface area contributed by atoms with Gasteiger partial charge in [-0.15, -0.1) is 24.0 Å². The summed E-state index contributed by atoms with van der Waals surface area (Å²) in [5.41, 5.74) is 1.10. The Morgan fingerprint density at radius 2 is 1.71 bits per heavy atom. The molecule has 0 heterocycles. The van der Waals surface area contributed by atoms with Gasteiger partial charge in [0.25, 0.3) is 0 Å². The number of aliphatic hydroxyl groups excluding tert-OH is 1. The Morgan fingerprint density at radius 1 is 1.07 bits per heavy atom. The van der Waals surface area contributed by atoms with Crippen LogP contribution in [0.3, 0.4) is 0 Å². The Morgan fingerprint density at radius 3 is 2.29 bits per heavy atom. The molecule has 0 bridgehead atoms. The Hall–Kier alpha value is -1.22. The van der Waals surface area contributed by atoms with Gasteiger partial charge in [-0.2, -0.15) is 0 Å². The molecular weight excluding hydrogens is 469 g/mol. The van der Waals surface area contributed by atoms with E-state index in [1.807, 2.05) is 26.0 Å². The number of hydrogen-bond acceptors (Lipinski definition) is 4. The molecule has 6 nitrogen and oxygen atoms in total. The van der Waals surface area contributed by atoms with Crippen molar-refractivity contribution in [3.8, 4) is 11.5 Å². The second-order valence-electron chi connectivity index (χ2n) is 6.78. The highest BCUT2D eigenvalue weighted by Gasteiger charge is 2.13. The van der Waals surface area contributed by atoms with Crippen LogP contribution in [-0.4, -0.2) is 44.0 Å². The van der Waals surface area contributed by atoms with Crippen molar-refractivity contribution >= 4 is 29.9 Å². The van der Waals surface area contributed by atoms with Crippen LogP contribution in [0.5, 0.6) is 11.5 Å². The van der Waals surface area contributed by atoms with Gasteiger partial charge in [0.2, 0.25) is 0 Å². The van der Waals surface area contributed by atoms with Crippen LogP contribution in [0, 0.1) is 5.92 Å². The fraction of sp³-hybridized carbons (Fsp3) is 0.667. The van der Waals surface area contributed by atoms with Crippen molar-refractivity contribution in [1.82, 2.24) is 10.6 Å². The zero-order valence-electron chi connectivity index (χ0n) is 18.0. The highest BCUT2D eigenvalue weighted by Crippen LogP contribution is 2.31. The SMILES string of the molecule is CCCOc1ccc(C(C)NC(=NCC(C)CO)NCC)cc1OCCC.I. The third-order valence-corrected chi connectivity index (χ3v) is 3.96. The summed E-state index contributed by atoms with van der Waals surface area (Å²) in [5.74, 6) is 2.46. The molecule has 28 heavy (non-hydrogen) atoms. The van der Waals surface area contributed by atoms with Gasteiger partial charge in [-0.3, -0.25) is 4.99 Å². The molecule has 0 saturated heterocycles. The van der Waals surface area contributed by atoms with Crippen LogP contribution in [0.15, 0.2) is 23.2 Å². The van der Waals surface area contributed by atoms with Crippen molar-refractivity contribution in [2.24, 2.45) is 10.9 Å². The normalized spacial score (nSPS) is 13.3. The molecule has 3 N–H and O–H groups in total. The van der Waals surface area contributed by atoms with Gasteiger partial charge in [-0.05, 0) is 50.3 Å². The molecule has 0 aromatic heterocycles. The predicted octanol–water partition coefficient (Wildman–Crippen LogP) is 4.13. The lowest BCUT2D eigenvalue weighted by Gasteiger charge is -2.20. The van der Waals surface area contributed by atoms with E-state index in [2.05, 4.69) is 42.5 Å². The quantitative estimate of drug-likeness (QED) is 0.226. The van der Waals surface area contributed by atoms with Crippen LogP contribution in [0.4, 0.5) is 0 Å². The molecule has 0 radical (unpaired) electrons. The second kappa shape index (κ2) is 15.7. The number of benzene rings is 1. The maximum absolute atomic E-state index is 9.19. The highest BCUT2D eigenvalue weighted by molar-refractivity contribution is 14.0. The van der Waals surface area contributed by atoms with Crippen LogP contribution < -0.4 is 20.1 Å². The van der Waals surface area contributed by atoms with E-state index in [4.69, 9.17) is 9.47 Å². The number of rotatable bonds is 12. The zero-order chi connectivity index (χ0) is 20.1. The first-order valence-corrected chi connectivity index (χ1v) is 10.1. The van der Waals surface area contributed by atoms with E-state index in [9.17, 15) is 5.11 Å². The van der Waals surface area contributed by atoms with Crippen LogP contribution in [0.1, 0.15) is 59.1 Å². The van der Waals surface area contributed by atoms with E-state index in [1.54, 1.807) is 0 Å². The highest BCUT2D eigenvalue weighted by atomic mass is 127. The summed E-state index contributed by atoms with van der Waals surface area (Å²) in [7, 11) is 0. The first-order valence-electron chi connectivity index (χ1n) is 10.1. The molecule has 162 valence electrons. The third kappa shape index (κ3) is 9.82. The number of nitrogens with zero attached hydrogens (tertiary/aromatic N) is 1. The fourth-order valence-corrected chi connectivity index (χ4v) is 2.36. The van der Waals surface area contributed by atoms with Gasteiger partial charge in [-0.1, -0.05) is 26.8 Å². The van der Waals surface area contributed by atoms with Gasteiger partial charge >= 0.3 is 0 Å². The van der Waals surface area contributed by atoms with Crippen molar-refractivity contribution in [3.05, 3.63) is 23.8 Å². The number of aliphatic imine (C=N–C) groups is 1. The molecule has 0 aliphatic heterocycles. The lowest BCUT2D eigenvalue weighted by molar-refractivity contribution is 0.241. The third-order valence-electron chi connectivity index (χ3n) is 3.96. The van der Waals surface area contributed by atoms with Crippen LogP contribution in [0.2, 0.25) is 0 Å². The topological polar surface area (TPSA) is 75.1 Å². The monoisotopic (exact) mass is 507 g/mol. The van der Waals surface area contributed by atoms with Gasteiger partial charge < -0.3 is 25.2 Å². The molecule has 0 amide bonds. The van der Waals surface area contributed by atoms with E-state index in [-0.39, 0.29) is 42.5 Å². The number of ether oxygens (including phenoxy) is 2. The van der Waals surface area contributed by atoms with Crippen LogP contribution >= 0.6 is 24.0 Å². The molecule has 1 aromatic rings. The number of guanidine groups is 1. The Balaban J connectivity index is 0.00000729. The molecular formula is C21H38IN3O3. The number of hydrogen-bond donors (Lipinski definition) is 3. The minimum Gasteiger partial charge on any atom is -0.490 e. The second-order valence-corrected chi connectivity index (χ2v) is 6.78. The van der Waals surface area contributed by atoms with Gasteiger partial charge in [0.05, 0.1) is 19.3 Å². The number of aliphatic hydroxyl groups is 1. The van der Waals surface area contributed by atoms with E-state index < -0.39 is 0 Å². The first-order chi connectivity index (χ1) is 13.0. The number of nitrogens with one attached hydrogen (secondary N) is 2. The van der Waals surface area contributed by atoms with Crippen molar-refractivity contribution in [2.75, 3.05) is 32.9 Å². The Labute approximate surface area is 187 Å². The van der Waals surface area contributed by atoms with E-state index in [1.165, 1.54) is 0 Å². The first kappa shape index (κ1) is 26.8. The summed E-state index contributed by atoms with van der Waals surface area (Å²) < 4.78 is 11.7. The molecule has 0 aliphatic carbocycles. The minimum absolute atomic E-state index is 0. The lowest BCUT2D eigenvalue weighted by Crippen LogP contribution is -2.39. The predicted molar refractivity (Wildman–Crippen MR) is 127 cm³/mol. The summed E-state index contributed by atoms with van der Waals surface area (Å²) in [4.78, 5) is 4.56. The lowest BCUT2D eigenvalue weighted by atomic mass is 10.1. The van der Waals surface area contributed by atoms with Gasteiger partial charge in [0.1, 0.15) is 0 Å². The van der Waals surface area contributed by atoms with E-state index in [0.29, 0.717) is 19.8 Å². The zero-order valence-corrected chi connectivity index (χ0v) is 20.3. The van der Waals surface area contributed by atoms with Crippen molar-refractivity contribution < 1.29 is 14.6 Å². The minimum atomic E-state index is 0. The smallest absolute Gasteiger partial charge is 0.191 e. The Kier molecular flexibility index (Phi) is 15.0. The number of halogens is 1. The standard InChI is InChI=1S/C21H37N3O3.HI/c1-6-11-26-19-10-9-18(13-20(19)27-12-7-2)17(5)24-21(22-8-3)23-14-16(4)15-25;/h9-10,13,16-17,25H,6-8,11-12,14-15H2,1-5H3,(H2,22,23,24);1H. The summed E-state index contributed by atoms with van der Waals surface area (Å²) in [6.45, 7) is 13.1. The summed E-state index contributed by atoms with van der Waals surface area (Å²) in [5, 5.41) is 15.9. The molecule has 7 heteroatoms. The summed E-state index contributed by atoms with van der Waals surface area (Å²) in [6.07, 6.45) is 1.91. The van der Waals surface area contributed by atoms with Crippen molar-refractivity contribution in [1.29, 1.82) is 0 Å². The molecule has 2 atom stereocenters. The molecule has 0 fully saturated rings. The average molecular weight is 507 g/mol. The largest absolute Gasteiger partial charge is 0.490 e. The summed E-state index contributed by atoms with van der Waals surface area (Å²) >= 11 is 0. The molecule has 1 aromatic carbocycles. The maximum atomic E-state index is 9.19. The molecule has 0 saturated carbocycles. The molecule has 1 rings (SSSR count). The molecule has 2 unspecified atom stereocenters. The fourth-order valence-electron chi connectivity index (χ4n) is 2.36. The maximum Gasteiger partial charge on any atom is 0.191 e. The van der Waals surface area contributed by atoms with Gasteiger partial charge in [0.15, 0.2) is 17.5 Å². The van der Waals surface area contributed by atoms with Crippen LogP contribution in [-0.2, 0) is 0 Å². The van der Waals surface area contributed by atoms with Crippen LogP contribution in [0.25, 0.3) is 0 Å². The Bertz CT molecular complexity index is 570.